The van der Waals surface area contributed by atoms with Crippen LogP contribution in [0.15, 0.2) is 0 Å². The van der Waals surface area contributed by atoms with Gasteiger partial charge in [-0.25, -0.2) is 5.06 Å². The number of nitrogens with zero attached hydrogens (tertiary/aromatic N) is 2. The zero-order valence-electron chi connectivity index (χ0n) is 18.0. The Morgan fingerprint density at radius 3 is 2.62 bits per heavy atom. The van der Waals surface area contributed by atoms with Gasteiger partial charge in [-0.3, -0.25) is 24.9 Å². The highest BCUT2D eigenvalue weighted by atomic mass is 16.5. The minimum atomic E-state index is -0.972. The van der Waals surface area contributed by atoms with Crippen molar-refractivity contribution in [2.75, 3.05) is 19.8 Å². The van der Waals surface area contributed by atoms with E-state index in [2.05, 4.69) is 24.5 Å². The van der Waals surface area contributed by atoms with Crippen molar-refractivity contribution in [2.24, 2.45) is 11.8 Å². The first-order valence-corrected chi connectivity index (χ1v) is 10.7. The summed E-state index contributed by atoms with van der Waals surface area (Å²) in [5.41, 5.74) is 0. The van der Waals surface area contributed by atoms with E-state index in [0.29, 0.717) is 36.8 Å². The van der Waals surface area contributed by atoms with Crippen LogP contribution in [0.1, 0.15) is 65.7 Å². The summed E-state index contributed by atoms with van der Waals surface area (Å²) < 4.78 is 0. The predicted octanol–water partition coefficient (Wildman–Crippen LogP) is 1.05. The topological polar surface area (TPSA) is 122 Å². The summed E-state index contributed by atoms with van der Waals surface area (Å²) in [6.45, 7) is 6.15. The number of hydroxylamine groups is 2. The van der Waals surface area contributed by atoms with Gasteiger partial charge in [0.15, 0.2) is 0 Å². The lowest BCUT2D eigenvalue weighted by atomic mass is 9.87. The number of aliphatic hydroxyl groups excluding tert-OH is 1. The Hall–Kier alpha value is -1.71. The Kier molecular flexibility index (Phi) is 11.8. The summed E-state index contributed by atoms with van der Waals surface area (Å²) >= 11 is 0. The van der Waals surface area contributed by atoms with Gasteiger partial charge < -0.3 is 15.3 Å². The monoisotopic (exact) mass is 414 g/mol. The van der Waals surface area contributed by atoms with Gasteiger partial charge in [0.1, 0.15) is 6.23 Å². The van der Waals surface area contributed by atoms with E-state index < -0.39 is 18.2 Å². The van der Waals surface area contributed by atoms with Crippen LogP contribution in [-0.4, -0.2) is 70.5 Å². The molecule has 168 valence electrons. The van der Waals surface area contributed by atoms with E-state index in [1.165, 1.54) is 6.92 Å². The van der Waals surface area contributed by atoms with Crippen molar-refractivity contribution >= 4 is 18.2 Å². The van der Waals surface area contributed by atoms with Crippen LogP contribution in [0.5, 0.6) is 0 Å². The molecule has 0 saturated carbocycles. The normalized spacial score (nSPS) is 19.9. The number of hydrogen-bond donors (Lipinski definition) is 4. The lowest BCUT2D eigenvalue weighted by Crippen LogP contribution is -2.57. The van der Waals surface area contributed by atoms with Crippen LogP contribution < -0.4 is 10.6 Å². The van der Waals surface area contributed by atoms with Crippen LogP contribution in [0.4, 0.5) is 0 Å². The van der Waals surface area contributed by atoms with Gasteiger partial charge in [0.25, 0.3) is 0 Å². The molecule has 0 spiro atoms. The number of amides is 3. The highest BCUT2D eigenvalue weighted by molar-refractivity contribution is 5.80. The van der Waals surface area contributed by atoms with Gasteiger partial charge in [-0.2, -0.15) is 0 Å². The van der Waals surface area contributed by atoms with Crippen molar-refractivity contribution in [3.05, 3.63) is 0 Å². The Morgan fingerprint density at radius 2 is 2.03 bits per heavy atom. The number of aliphatic hydroxyl groups is 1. The van der Waals surface area contributed by atoms with E-state index in [1.807, 2.05) is 0 Å². The lowest BCUT2D eigenvalue weighted by molar-refractivity contribution is -0.160. The Morgan fingerprint density at radius 1 is 1.31 bits per heavy atom. The average molecular weight is 415 g/mol. The molecule has 1 saturated heterocycles. The molecular formula is C20H38N4O5. The number of likely N-dealkylation sites (tertiary alicyclic amines) is 1. The van der Waals surface area contributed by atoms with Crippen molar-refractivity contribution in [1.29, 1.82) is 0 Å². The molecule has 0 bridgehead atoms. The third kappa shape index (κ3) is 8.67. The molecule has 1 fully saturated rings. The fourth-order valence-electron chi connectivity index (χ4n) is 4.03. The maximum atomic E-state index is 13.4. The molecule has 1 heterocycles. The predicted molar refractivity (Wildman–Crippen MR) is 109 cm³/mol. The highest BCUT2D eigenvalue weighted by Crippen LogP contribution is 2.27. The number of nitrogens with one attached hydrogen (secondary N) is 2. The van der Waals surface area contributed by atoms with Crippen molar-refractivity contribution in [3.63, 3.8) is 0 Å². The molecule has 29 heavy (non-hydrogen) atoms. The molecule has 1 aliphatic rings. The van der Waals surface area contributed by atoms with Gasteiger partial charge in [0.05, 0.1) is 25.2 Å². The summed E-state index contributed by atoms with van der Waals surface area (Å²) in [7, 11) is 0. The van der Waals surface area contributed by atoms with Gasteiger partial charge in [-0.15, -0.1) is 0 Å². The largest absolute Gasteiger partial charge is 0.376 e. The Labute approximate surface area is 173 Å². The van der Waals surface area contributed by atoms with Crippen LogP contribution in [0.25, 0.3) is 0 Å². The molecule has 9 nitrogen and oxygen atoms in total. The molecular weight excluding hydrogens is 376 g/mol. The van der Waals surface area contributed by atoms with E-state index in [0.717, 1.165) is 32.1 Å². The second-order valence-corrected chi connectivity index (χ2v) is 7.88. The van der Waals surface area contributed by atoms with E-state index in [-0.39, 0.29) is 25.0 Å². The van der Waals surface area contributed by atoms with Gasteiger partial charge >= 0.3 is 0 Å². The molecule has 0 aromatic carbocycles. The number of carbonyl (C=O) groups is 3. The zero-order valence-corrected chi connectivity index (χ0v) is 18.0. The minimum Gasteiger partial charge on any atom is -0.376 e. The summed E-state index contributed by atoms with van der Waals surface area (Å²) in [5, 5.41) is 26.2. The van der Waals surface area contributed by atoms with Crippen molar-refractivity contribution < 1.29 is 24.7 Å². The second-order valence-electron chi connectivity index (χ2n) is 7.88. The fraction of sp³-hybridized carbons (Fsp3) is 0.850. The number of carbonyl (C=O) groups excluding carboxylic acids is 3. The number of piperidine rings is 1. The van der Waals surface area contributed by atoms with Crippen molar-refractivity contribution in [2.45, 2.75) is 78.0 Å². The molecule has 0 radical (unpaired) electrons. The molecule has 3 unspecified atom stereocenters. The summed E-state index contributed by atoms with van der Waals surface area (Å²) in [6.07, 6.45) is 5.24. The molecule has 0 aromatic rings. The van der Waals surface area contributed by atoms with Crippen LogP contribution in [0.2, 0.25) is 0 Å². The fourth-order valence-corrected chi connectivity index (χ4v) is 4.03. The Bertz CT molecular complexity index is 519. The summed E-state index contributed by atoms with van der Waals surface area (Å²) in [5.74, 6) is -0.546. The number of rotatable bonds is 13. The molecule has 3 amide bonds. The average Bonchev–Trinajstić information content (AvgIpc) is 2.71. The molecule has 0 aromatic heterocycles. The van der Waals surface area contributed by atoms with Gasteiger partial charge in [-0.1, -0.05) is 33.1 Å². The van der Waals surface area contributed by atoms with Gasteiger partial charge in [0, 0.05) is 13.5 Å². The van der Waals surface area contributed by atoms with E-state index in [1.54, 1.807) is 4.90 Å². The zero-order chi connectivity index (χ0) is 21.8. The third-order valence-electron chi connectivity index (χ3n) is 5.62. The van der Waals surface area contributed by atoms with Crippen LogP contribution >= 0.6 is 0 Å². The molecule has 0 aliphatic carbocycles. The quantitative estimate of drug-likeness (QED) is 0.155. The molecule has 4 atom stereocenters. The first-order valence-electron chi connectivity index (χ1n) is 10.7. The molecule has 4 N–H and O–H groups in total. The second kappa shape index (κ2) is 13.5. The van der Waals surface area contributed by atoms with E-state index in [9.17, 15) is 24.7 Å². The highest BCUT2D eigenvalue weighted by Gasteiger charge is 2.36. The maximum Gasteiger partial charge on any atom is 0.233 e. The molecule has 9 heteroatoms. The Balaban J connectivity index is 2.90. The van der Waals surface area contributed by atoms with Crippen LogP contribution in [0, 0.1) is 11.8 Å². The summed E-state index contributed by atoms with van der Waals surface area (Å²) in [4.78, 5) is 37.0. The van der Waals surface area contributed by atoms with Gasteiger partial charge in [-0.05, 0) is 31.6 Å². The standard InChI is InChI=1S/C20H38N4O5/c1-4-8-16(5-2)11-17(12-23(29)14-25)20(28)24-10-7-6-9-18(24)19(27)22-13-21-15(3)26/h14,16-19,22,27,29H,4-13H2,1-3H3,(H,21,26)/t16?,17-,18?,19?/m1/s1. The number of hydrogen-bond acceptors (Lipinski definition) is 6. The smallest absolute Gasteiger partial charge is 0.233 e. The first kappa shape index (κ1) is 25.3. The van der Waals surface area contributed by atoms with Crippen LogP contribution in [0.3, 0.4) is 0 Å². The van der Waals surface area contributed by atoms with Crippen molar-refractivity contribution in [1.82, 2.24) is 20.6 Å². The molecule has 1 aliphatic heterocycles. The third-order valence-corrected chi connectivity index (χ3v) is 5.62. The van der Waals surface area contributed by atoms with Crippen LogP contribution in [-0.2, 0) is 14.4 Å². The SMILES string of the molecule is CCCC(CC)C[C@H](CN(O)C=O)C(=O)N1CCCCC1C(O)NCNC(C)=O. The van der Waals surface area contributed by atoms with Crippen molar-refractivity contribution in [3.8, 4) is 0 Å². The van der Waals surface area contributed by atoms with E-state index >= 15 is 0 Å². The maximum absolute atomic E-state index is 13.4. The van der Waals surface area contributed by atoms with Gasteiger partial charge in [0.2, 0.25) is 18.2 Å². The lowest BCUT2D eigenvalue weighted by Gasteiger charge is -2.41. The van der Waals surface area contributed by atoms with E-state index in [4.69, 9.17) is 0 Å². The summed E-state index contributed by atoms with van der Waals surface area (Å²) in [6, 6.07) is -0.415. The minimum absolute atomic E-state index is 0.0544. The molecule has 1 rings (SSSR count). The first-order chi connectivity index (χ1) is 13.8.